The van der Waals surface area contributed by atoms with Crippen LogP contribution >= 0.6 is 0 Å². The molecule has 0 radical (unpaired) electrons. The third-order valence-corrected chi connectivity index (χ3v) is 2.26. The minimum Gasteiger partial charge on any atom is -0.396 e. The first-order chi connectivity index (χ1) is 8.33. The van der Waals surface area contributed by atoms with Crippen LogP contribution in [0.1, 0.15) is 65.2 Å². The monoisotopic (exact) mass is 248 g/mol. The Morgan fingerprint density at radius 3 is 1.29 bits per heavy atom. The standard InChI is InChI=1S/C8H18O2.C6H14O/c9-7-5-3-1-2-4-6-8-10;1-3-5-7-6-4-2/h9-10H,1-8H2;3-6H2,1-2H3. The molecule has 0 aromatic carbocycles. The summed E-state index contributed by atoms with van der Waals surface area (Å²) < 4.78 is 5.13. The van der Waals surface area contributed by atoms with E-state index in [4.69, 9.17) is 14.9 Å². The highest BCUT2D eigenvalue weighted by Crippen LogP contribution is 2.03. The first kappa shape index (κ1) is 19.2. The summed E-state index contributed by atoms with van der Waals surface area (Å²) >= 11 is 0. The molecule has 0 bridgehead atoms. The molecule has 106 valence electrons. The number of rotatable bonds is 11. The van der Waals surface area contributed by atoms with Crippen molar-refractivity contribution in [2.45, 2.75) is 65.2 Å². The molecule has 0 saturated heterocycles. The maximum absolute atomic E-state index is 8.43. The average molecular weight is 248 g/mol. The lowest BCUT2D eigenvalue weighted by atomic mass is 10.1. The van der Waals surface area contributed by atoms with E-state index in [0.717, 1.165) is 51.7 Å². The van der Waals surface area contributed by atoms with Crippen molar-refractivity contribution in [1.29, 1.82) is 0 Å². The number of unbranched alkanes of at least 4 members (excludes halogenated alkanes) is 5. The average Bonchev–Trinajstić information content (AvgIpc) is 2.35. The Hall–Kier alpha value is -0.120. The van der Waals surface area contributed by atoms with Crippen molar-refractivity contribution in [3.63, 3.8) is 0 Å². The molecular formula is C14H32O3. The van der Waals surface area contributed by atoms with Gasteiger partial charge in [0.1, 0.15) is 0 Å². The van der Waals surface area contributed by atoms with Gasteiger partial charge < -0.3 is 14.9 Å². The fourth-order valence-corrected chi connectivity index (χ4v) is 1.32. The Kier molecular flexibility index (Phi) is 24.0. The molecule has 2 N–H and O–H groups in total. The van der Waals surface area contributed by atoms with Gasteiger partial charge in [0.05, 0.1) is 0 Å². The van der Waals surface area contributed by atoms with Gasteiger partial charge in [0.25, 0.3) is 0 Å². The lowest BCUT2D eigenvalue weighted by Gasteiger charge is -1.97. The van der Waals surface area contributed by atoms with Gasteiger partial charge in [-0.25, -0.2) is 0 Å². The zero-order valence-corrected chi connectivity index (χ0v) is 11.8. The summed E-state index contributed by atoms with van der Waals surface area (Å²) in [5.41, 5.74) is 0. The van der Waals surface area contributed by atoms with Crippen molar-refractivity contribution in [2.75, 3.05) is 26.4 Å². The van der Waals surface area contributed by atoms with Crippen LogP contribution in [0.3, 0.4) is 0 Å². The highest BCUT2D eigenvalue weighted by molar-refractivity contribution is 4.43. The van der Waals surface area contributed by atoms with Crippen LogP contribution in [0.2, 0.25) is 0 Å². The second-order valence-corrected chi connectivity index (χ2v) is 4.18. The summed E-state index contributed by atoms with van der Waals surface area (Å²) in [6, 6.07) is 0. The molecule has 0 atom stereocenters. The molecule has 0 heterocycles. The van der Waals surface area contributed by atoms with E-state index in [0.29, 0.717) is 13.2 Å². The first-order valence-electron chi connectivity index (χ1n) is 7.12. The molecule has 3 heteroatoms. The summed E-state index contributed by atoms with van der Waals surface area (Å²) in [5, 5.41) is 16.9. The van der Waals surface area contributed by atoms with Crippen LogP contribution in [0, 0.1) is 0 Å². The summed E-state index contributed by atoms with van der Waals surface area (Å²) in [5.74, 6) is 0. The molecule has 0 spiro atoms. The number of aliphatic hydroxyl groups excluding tert-OH is 2. The van der Waals surface area contributed by atoms with E-state index in [1.54, 1.807) is 0 Å². The Labute approximate surface area is 107 Å². The van der Waals surface area contributed by atoms with Crippen molar-refractivity contribution < 1.29 is 14.9 Å². The molecule has 0 aromatic rings. The van der Waals surface area contributed by atoms with Crippen molar-refractivity contribution in [2.24, 2.45) is 0 Å². The lowest BCUT2D eigenvalue weighted by molar-refractivity contribution is 0.135. The Morgan fingerprint density at radius 1 is 0.647 bits per heavy atom. The van der Waals surface area contributed by atoms with Crippen LogP contribution in [0.5, 0.6) is 0 Å². The van der Waals surface area contributed by atoms with Gasteiger partial charge in [-0.05, 0) is 25.7 Å². The molecule has 0 fully saturated rings. The minimum absolute atomic E-state index is 0.319. The molecule has 0 saturated carbocycles. The largest absolute Gasteiger partial charge is 0.396 e. The van der Waals surface area contributed by atoms with E-state index < -0.39 is 0 Å². The molecule has 0 aliphatic carbocycles. The molecule has 0 rings (SSSR count). The van der Waals surface area contributed by atoms with Gasteiger partial charge in [0.2, 0.25) is 0 Å². The fourth-order valence-electron chi connectivity index (χ4n) is 1.32. The zero-order valence-electron chi connectivity index (χ0n) is 11.8. The molecule has 0 unspecified atom stereocenters. The number of aliphatic hydroxyl groups is 2. The van der Waals surface area contributed by atoms with Crippen LogP contribution in [0.25, 0.3) is 0 Å². The third kappa shape index (κ3) is 25.8. The van der Waals surface area contributed by atoms with Gasteiger partial charge in [-0.15, -0.1) is 0 Å². The maximum atomic E-state index is 8.43. The predicted molar refractivity (Wildman–Crippen MR) is 73.3 cm³/mol. The molecule has 0 amide bonds. The SMILES string of the molecule is CCCOCCC.OCCCCCCCCO. The number of hydrogen-bond acceptors (Lipinski definition) is 3. The van der Waals surface area contributed by atoms with E-state index in [1.165, 1.54) is 12.8 Å². The molecule has 0 aromatic heterocycles. The second kappa shape index (κ2) is 21.2. The minimum atomic E-state index is 0.319. The van der Waals surface area contributed by atoms with Gasteiger partial charge >= 0.3 is 0 Å². The van der Waals surface area contributed by atoms with Crippen LogP contribution < -0.4 is 0 Å². The molecular weight excluding hydrogens is 216 g/mol. The number of ether oxygens (including phenoxy) is 1. The Bertz CT molecular complexity index is 95.6. The molecule has 0 aliphatic rings. The molecule has 0 aliphatic heterocycles. The van der Waals surface area contributed by atoms with Gasteiger partial charge in [0.15, 0.2) is 0 Å². The smallest absolute Gasteiger partial charge is 0.0463 e. The van der Waals surface area contributed by atoms with Crippen LogP contribution in [-0.4, -0.2) is 36.6 Å². The van der Waals surface area contributed by atoms with Crippen molar-refractivity contribution in [3.8, 4) is 0 Å². The quantitative estimate of drug-likeness (QED) is 0.552. The van der Waals surface area contributed by atoms with Crippen molar-refractivity contribution in [3.05, 3.63) is 0 Å². The van der Waals surface area contributed by atoms with E-state index in [2.05, 4.69) is 13.8 Å². The topological polar surface area (TPSA) is 49.7 Å². The van der Waals surface area contributed by atoms with E-state index in [1.807, 2.05) is 0 Å². The first-order valence-corrected chi connectivity index (χ1v) is 7.12. The highest BCUT2D eigenvalue weighted by atomic mass is 16.5. The molecule has 3 nitrogen and oxygen atoms in total. The highest BCUT2D eigenvalue weighted by Gasteiger charge is 1.88. The lowest BCUT2D eigenvalue weighted by Crippen LogP contribution is -1.92. The summed E-state index contributed by atoms with van der Waals surface area (Å²) in [4.78, 5) is 0. The van der Waals surface area contributed by atoms with Gasteiger partial charge in [0, 0.05) is 26.4 Å². The Balaban J connectivity index is 0. The maximum Gasteiger partial charge on any atom is 0.0463 e. The van der Waals surface area contributed by atoms with Crippen LogP contribution in [-0.2, 0) is 4.74 Å². The van der Waals surface area contributed by atoms with Gasteiger partial charge in [-0.1, -0.05) is 39.5 Å². The van der Waals surface area contributed by atoms with Crippen molar-refractivity contribution >= 4 is 0 Å². The summed E-state index contributed by atoms with van der Waals surface area (Å²) in [7, 11) is 0. The zero-order chi connectivity index (χ0) is 13.2. The van der Waals surface area contributed by atoms with Gasteiger partial charge in [-0.2, -0.15) is 0 Å². The van der Waals surface area contributed by atoms with E-state index in [9.17, 15) is 0 Å². The normalized spacial score (nSPS) is 9.88. The van der Waals surface area contributed by atoms with E-state index in [-0.39, 0.29) is 0 Å². The molecule has 17 heavy (non-hydrogen) atoms. The Morgan fingerprint density at radius 2 is 1.00 bits per heavy atom. The van der Waals surface area contributed by atoms with Gasteiger partial charge in [-0.3, -0.25) is 0 Å². The number of hydrogen-bond donors (Lipinski definition) is 2. The van der Waals surface area contributed by atoms with E-state index >= 15 is 0 Å². The summed E-state index contributed by atoms with van der Waals surface area (Å²) in [6.45, 7) is 6.73. The van der Waals surface area contributed by atoms with Crippen LogP contribution in [0.4, 0.5) is 0 Å². The second-order valence-electron chi connectivity index (χ2n) is 4.18. The van der Waals surface area contributed by atoms with Crippen LogP contribution in [0.15, 0.2) is 0 Å². The predicted octanol–water partition coefficient (Wildman–Crippen LogP) is 3.13. The third-order valence-electron chi connectivity index (χ3n) is 2.26. The van der Waals surface area contributed by atoms with Crippen molar-refractivity contribution in [1.82, 2.24) is 0 Å². The summed E-state index contributed by atoms with van der Waals surface area (Å²) in [6.07, 6.45) is 8.78. The fraction of sp³-hybridized carbons (Fsp3) is 1.00.